The molecule has 0 aromatic carbocycles. The van der Waals surface area contributed by atoms with E-state index in [1.165, 1.54) is 0 Å². The fraction of sp³-hybridized carbons (Fsp3) is 0.769. The van der Waals surface area contributed by atoms with Gasteiger partial charge in [-0.3, -0.25) is 4.79 Å². The van der Waals surface area contributed by atoms with Gasteiger partial charge in [0, 0.05) is 6.61 Å². The van der Waals surface area contributed by atoms with E-state index in [4.69, 9.17) is 9.47 Å². The molecule has 2 fully saturated rings. The summed E-state index contributed by atoms with van der Waals surface area (Å²) in [7, 11) is 0. The fourth-order valence-corrected chi connectivity index (χ4v) is 3.08. The first-order chi connectivity index (χ1) is 7.78. The van der Waals surface area contributed by atoms with Crippen LogP contribution >= 0.6 is 0 Å². The first-order valence-corrected chi connectivity index (χ1v) is 6.27. The van der Waals surface area contributed by atoms with Crippen molar-refractivity contribution in [3.63, 3.8) is 0 Å². The van der Waals surface area contributed by atoms with Crippen LogP contribution in [0.15, 0.2) is 12.2 Å². The zero-order chi connectivity index (χ0) is 11.0. The summed E-state index contributed by atoms with van der Waals surface area (Å²) in [5.74, 6) is 0.606. The molecule has 0 N–H and O–H groups in total. The summed E-state index contributed by atoms with van der Waals surface area (Å²) in [6, 6.07) is 0. The van der Waals surface area contributed by atoms with Gasteiger partial charge in [0.1, 0.15) is 6.10 Å². The lowest BCUT2D eigenvalue weighted by atomic mass is 9.88. The Hall–Kier alpha value is -0.830. The maximum Gasteiger partial charge on any atom is 0.316 e. The zero-order valence-electron chi connectivity index (χ0n) is 9.48. The van der Waals surface area contributed by atoms with Gasteiger partial charge in [0.15, 0.2) is 0 Å². The van der Waals surface area contributed by atoms with Crippen LogP contribution in [0.25, 0.3) is 0 Å². The smallest absolute Gasteiger partial charge is 0.316 e. The molecule has 88 valence electrons. The molecule has 16 heavy (non-hydrogen) atoms. The number of allylic oxidation sites excluding steroid dienone is 1. The van der Waals surface area contributed by atoms with Crippen molar-refractivity contribution in [1.29, 1.82) is 0 Å². The Kier molecular flexibility index (Phi) is 2.51. The van der Waals surface area contributed by atoms with Crippen molar-refractivity contribution in [2.45, 2.75) is 38.2 Å². The molecule has 1 saturated heterocycles. The van der Waals surface area contributed by atoms with Crippen LogP contribution in [0.4, 0.5) is 0 Å². The molecular formula is C13H18O3. The van der Waals surface area contributed by atoms with E-state index in [0.717, 1.165) is 38.7 Å². The molecule has 0 spiro atoms. The van der Waals surface area contributed by atoms with Gasteiger partial charge in [0.25, 0.3) is 0 Å². The topological polar surface area (TPSA) is 35.5 Å². The third-order valence-electron chi connectivity index (χ3n) is 4.07. The van der Waals surface area contributed by atoms with Gasteiger partial charge in [-0.05, 0) is 38.0 Å². The van der Waals surface area contributed by atoms with E-state index in [1.807, 2.05) is 0 Å². The molecule has 3 aliphatic rings. The van der Waals surface area contributed by atoms with Gasteiger partial charge >= 0.3 is 5.97 Å². The molecular weight excluding hydrogens is 204 g/mol. The number of carbonyl (C=O) groups is 1. The van der Waals surface area contributed by atoms with Crippen LogP contribution in [0.2, 0.25) is 0 Å². The van der Waals surface area contributed by atoms with Crippen LogP contribution in [0.3, 0.4) is 0 Å². The van der Waals surface area contributed by atoms with Gasteiger partial charge in [-0.2, -0.15) is 0 Å². The van der Waals surface area contributed by atoms with Crippen molar-refractivity contribution in [2.24, 2.45) is 11.3 Å². The Bertz CT molecular complexity index is 317. The average Bonchev–Trinajstić information content (AvgIpc) is 2.91. The Morgan fingerprint density at radius 2 is 2.38 bits per heavy atom. The lowest BCUT2D eigenvalue weighted by Gasteiger charge is -2.27. The Balaban J connectivity index is 1.62. The van der Waals surface area contributed by atoms with Crippen LogP contribution in [-0.2, 0) is 14.3 Å². The van der Waals surface area contributed by atoms with Crippen LogP contribution in [0.1, 0.15) is 32.1 Å². The average molecular weight is 222 g/mol. The first-order valence-electron chi connectivity index (χ1n) is 6.27. The van der Waals surface area contributed by atoms with E-state index in [0.29, 0.717) is 12.5 Å². The van der Waals surface area contributed by atoms with Gasteiger partial charge in [-0.15, -0.1) is 0 Å². The number of carbonyl (C=O) groups excluding carboxylic acids is 1. The van der Waals surface area contributed by atoms with Crippen molar-refractivity contribution in [2.75, 3.05) is 13.2 Å². The molecule has 3 unspecified atom stereocenters. The molecule has 0 aromatic rings. The Morgan fingerprint density at radius 1 is 1.44 bits per heavy atom. The van der Waals surface area contributed by atoms with Crippen molar-refractivity contribution in [3.05, 3.63) is 12.2 Å². The highest BCUT2D eigenvalue weighted by Crippen LogP contribution is 2.50. The number of ether oxygens (including phenoxy) is 2. The van der Waals surface area contributed by atoms with Crippen LogP contribution in [0.5, 0.6) is 0 Å². The summed E-state index contributed by atoms with van der Waals surface area (Å²) in [6.07, 6.45) is 9.30. The van der Waals surface area contributed by atoms with Gasteiger partial charge in [0.2, 0.25) is 0 Å². The third kappa shape index (κ3) is 1.67. The van der Waals surface area contributed by atoms with Gasteiger partial charge in [-0.1, -0.05) is 12.2 Å². The standard InChI is InChI=1S/C13H18O3/c14-12(16-11-2-1-7-15-9-11)13-5-3-10(8-13)4-6-13/h3,5,10-11H,1-2,4,6-9H2. The van der Waals surface area contributed by atoms with Crippen molar-refractivity contribution in [1.82, 2.24) is 0 Å². The summed E-state index contributed by atoms with van der Waals surface area (Å²) in [4.78, 5) is 12.2. The number of rotatable bonds is 2. The molecule has 3 nitrogen and oxygen atoms in total. The zero-order valence-corrected chi connectivity index (χ0v) is 9.48. The Morgan fingerprint density at radius 3 is 2.94 bits per heavy atom. The lowest BCUT2D eigenvalue weighted by molar-refractivity contribution is -0.164. The maximum atomic E-state index is 12.2. The van der Waals surface area contributed by atoms with Crippen molar-refractivity contribution in [3.8, 4) is 0 Å². The summed E-state index contributed by atoms with van der Waals surface area (Å²) in [6.45, 7) is 1.39. The molecule has 1 saturated carbocycles. The molecule has 1 heterocycles. The number of fused-ring (bicyclic) bond motifs is 2. The van der Waals surface area contributed by atoms with Crippen molar-refractivity contribution < 1.29 is 14.3 Å². The minimum absolute atomic E-state index is 0.0105. The largest absolute Gasteiger partial charge is 0.459 e. The second-order valence-corrected chi connectivity index (χ2v) is 5.26. The minimum Gasteiger partial charge on any atom is -0.459 e. The predicted octanol–water partition coefficient (Wildman–Crippen LogP) is 2.06. The highest BCUT2D eigenvalue weighted by molar-refractivity contribution is 5.80. The normalized spacial score (nSPS) is 41.2. The van der Waals surface area contributed by atoms with Gasteiger partial charge in [-0.25, -0.2) is 0 Å². The molecule has 3 rings (SSSR count). The summed E-state index contributed by atoms with van der Waals surface area (Å²) >= 11 is 0. The van der Waals surface area contributed by atoms with E-state index in [1.54, 1.807) is 0 Å². The van der Waals surface area contributed by atoms with Crippen LogP contribution in [-0.4, -0.2) is 25.3 Å². The molecule has 2 aliphatic carbocycles. The second kappa shape index (κ2) is 3.88. The van der Waals surface area contributed by atoms with Crippen LogP contribution in [0, 0.1) is 11.3 Å². The number of hydrogen-bond acceptors (Lipinski definition) is 3. The SMILES string of the molecule is O=C(OC1CCCOC1)C12C=CC(CC1)C2. The first kappa shape index (κ1) is 10.3. The molecule has 2 bridgehead atoms. The van der Waals surface area contributed by atoms with Gasteiger partial charge in [0.05, 0.1) is 12.0 Å². The molecule has 0 aromatic heterocycles. The van der Waals surface area contributed by atoms with E-state index >= 15 is 0 Å². The summed E-state index contributed by atoms with van der Waals surface area (Å²) < 4.78 is 10.9. The Labute approximate surface area is 95.8 Å². The van der Waals surface area contributed by atoms with E-state index in [9.17, 15) is 4.79 Å². The van der Waals surface area contributed by atoms with Crippen molar-refractivity contribution >= 4 is 5.97 Å². The van der Waals surface area contributed by atoms with E-state index in [-0.39, 0.29) is 17.5 Å². The second-order valence-electron chi connectivity index (χ2n) is 5.26. The molecule has 3 heteroatoms. The molecule has 0 amide bonds. The monoisotopic (exact) mass is 222 g/mol. The molecule has 3 atom stereocenters. The number of hydrogen-bond donors (Lipinski definition) is 0. The summed E-state index contributed by atoms with van der Waals surface area (Å²) in [5.41, 5.74) is -0.276. The molecule has 1 aliphatic heterocycles. The lowest BCUT2D eigenvalue weighted by Crippen LogP contribution is -2.34. The number of esters is 1. The third-order valence-corrected chi connectivity index (χ3v) is 4.07. The minimum atomic E-state index is -0.276. The van der Waals surface area contributed by atoms with E-state index < -0.39 is 0 Å². The highest BCUT2D eigenvalue weighted by Gasteiger charge is 2.48. The quantitative estimate of drug-likeness (QED) is 0.530. The molecule has 0 radical (unpaired) electrons. The van der Waals surface area contributed by atoms with Gasteiger partial charge < -0.3 is 9.47 Å². The van der Waals surface area contributed by atoms with Crippen LogP contribution < -0.4 is 0 Å². The maximum absolute atomic E-state index is 12.2. The highest BCUT2D eigenvalue weighted by atomic mass is 16.6. The summed E-state index contributed by atoms with van der Waals surface area (Å²) in [5, 5.41) is 0. The van der Waals surface area contributed by atoms with E-state index in [2.05, 4.69) is 12.2 Å². The fourth-order valence-electron chi connectivity index (χ4n) is 3.08. The predicted molar refractivity (Wildman–Crippen MR) is 58.8 cm³/mol.